The largest absolute Gasteiger partial charge is 0.326 e. The molecule has 25 heavy (non-hydrogen) atoms. The molecule has 1 heterocycles. The molecule has 1 amide bonds. The highest BCUT2D eigenvalue weighted by molar-refractivity contribution is 5.92. The lowest BCUT2D eigenvalue weighted by Gasteiger charge is -2.08. The number of tetrazole rings is 1. The standard InChI is InChI=1S/C18H16FN5O/c19-14-5-1-3-12(9-14)10-17(25)20-15-6-2-4-13(11-15)18-21-22-23-24(18)16-7-8-16/h1-6,9,11,16H,7-8,10H2,(H,20,25). The Morgan fingerprint density at radius 2 is 2.04 bits per heavy atom. The average Bonchev–Trinajstić information content (AvgIpc) is 3.31. The van der Waals surface area contributed by atoms with Crippen LogP contribution < -0.4 is 5.32 Å². The number of aromatic nitrogens is 4. The van der Waals surface area contributed by atoms with E-state index < -0.39 is 0 Å². The smallest absolute Gasteiger partial charge is 0.228 e. The monoisotopic (exact) mass is 337 g/mol. The van der Waals surface area contributed by atoms with Crippen molar-refractivity contribution in [3.63, 3.8) is 0 Å². The fraction of sp³-hybridized carbons (Fsp3) is 0.222. The Morgan fingerprint density at radius 3 is 2.84 bits per heavy atom. The quantitative estimate of drug-likeness (QED) is 0.777. The van der Waals surface area contributed by atoms with E-state index in [1.807, 2.05) is 22.9 Å². The van der Waals surface area contributed by atoms with Crippen LogP contribution in [-0.2, 0) is 11.2 Å². The molecule has 1 aromatic heterocycles. The normalized spacial score (nSPS) is 13.6. The summed E-state index contributed by atoms with van der Waals surface area (Å²) in [5.74, 6) is 0.146. The first-order chi connectivity index (χ1) is 12.2. The van der Waals surface area contributed by atoms with E-state index in [0.29, 0.717) is 23.1 Å². The van der Waals surface area contributed by atoms with Crippen molar-refractivity contribution < 1.29 is 9.18 Å². The van der Waals surface area contributed by atoms with Crippen molar-refractivity contribution in [1.29, 1.82) is 0 Å². The number of hydrogen-bond donors (Lipinski definition) is 1. The van der Waals surface area contributed by atoms with Gasteiger partial charge in [0.15, 0.2) is 5.82 Å². The van der Waals surface area contributed by atoms with Gasteiger partial charge in [-0.15, -0.1) is 5.10 Å². The average molecular weight is 337 g/mol. The number of amides is 1. The third-order valence-electron chi connectivity index (χ3n) is 4.04. The van der Waals surface area contributed by atoms with Gasteiger partial charge in [-0.2, -0.15) is 0 Å². The van der Waals surface area contributed by atoms with Crippen LogP contribution >= 0.6 is 0 Å². The summed E-state index contributed by atoms with van der Waals surface area (Å²) in [5, 5.41) is 14.7. The van der Waals surface area contributed by atoms with Crippen molar-refractivity contribution in [1.82, 2.24) is 20.2 Å². The van der Waals surface area contributed by atoms with Gasteiger partial charge in [0.2, 0.25) is 5.91 Å². The molecule has 3 aromatic rings. The van der Waals surface area contributed by atoms with Crippen LogP contribution in [0.4, 0.5) is 10.1 Å². The van der Waals surface area contributed by atoms with E-state index in [2.05, 4.69) is 20.8 Å². The van der Waals surface area contributed by atoms with Gasteiger partial charge in [0.05, 0.1) is 12.5 Å². The Kier molecular flexibility index (Phi) is 3.97. The fourth-order valence-corrected chi connectivity index (χ4v) is 2.72. The Balaban J connectivity index is 1.49. The number of anilines is 1. The van der Waals surface area contributed by atoms with E-state index in [4.69, 9.17) is 0 Å². The molecule has 0 unspecified atom stereocenters. The summed E-state index contributed by atoms with van der Waals surface area (Å²) in [7, 11) is 0. The molecule has 0 saturated heterocycles. The molecule has 1 saturated carbocycles. The van der Waals surface area contributed by atoms with Crippen molar-refractivity contribution in [3.05, 3.63) is 59.9 Å². The van der Waals surface area contributed by atoms with Crippen LogP contribution in [-0.4, -0.2) is 26.1 Å². The van der Waals surface area contributed by atoms with Crippen LogP contribution in [0.15, 0.2) is 48.5 Å². The van der Waals surface area contributed by atoms with E-state index in [1.54, 1.807) is 18.2 Å². The van der Waals surface area contributed by atoms with Crippen LogP contribution in [0.3, 0.4) is 0 Å². The maximum absolute atomic E-state index is 13.2. The van der Waals surface area contributed by atoms with Gasteiger partial charge >= 0.3 is 0 Å². The first kappa shape index (κ1) is 15.4. The molecule has 0 aliphatic heterocycles. The number of nitrogens with one attached hydrogen (secondary N) is 1. The third kappa shape index (κ3) is 3.55. The predicted octanol–water partition coefficient (Wildman–Crippen LogP) is 3.00. The molecular weight excluding hydrogens is 321 g/mol. The molecule has 1 aliphatic carbocycles. The molecule has 0 radical (unpaired) electrons. The molecule has 0 spiro atoms. The van der Waals surface area contributed by atoms with Crippen molar-refractivity contribution >= 4 is 11.6 Å². The van der Waals surface area contributed by atoms with Gasteiger partial charge in [0.1, 0.15) is 5.82 Å². The van der Waals surface area contributed by atoms with Gasteiger partial charge in [-0.05, 0) is 53.1 Å². The molecule has 1 aliphatic rings. The number of carbonyl (C=O) groups excluding carboxylic acids is 1. The second-order valence-electron chi connectivity index (χ2n) is 6.11. The molecule has 0 bridgehead atoms. The van der Waals surface area contributed by atoms with E-state index in [1.165, 1.54) is 12.1 Å². The Morgan fingerprint density at radius 1 is 1.20 bits per heavy atom. The van der Waals surface area contributed by atoms with Crippen LogP contribution in [0.5, 0.6) is 0 Å². The number of carbonyl (C=O) groups is 1. The van der Waals surface area contributed by atoms with Crippen molar-refractivity contribution in [2.45, 2.75) is 25.3 Å². The summed E-state index contributed by atoms with van der Waals surface area (Å²) in [5.41, 5.74) is 2.14. The molecule has 0 atom stereocenters. The topological polar surface area (TPSA) is 72.7 Å². The molecule has 126 valence electrons. The predicted molar refractivity (Wildman–Crippen MR) is 90.3 cm³/mol. The third-order valence-corrected chi connectivity index (χ3v) is 4.04. The SMILES string of the molecule is O=C(Cc1cccc(F)c1)Nc1cccc(-c2nnnn2C2CC2)c1. The maximum Gasteiger partial charge on any atom is 0.228 e. The molecule has 1 N–H and O–H groups in total. The summed E-state index contributed by atoms with van der Waals surface area (Å²) in [4.78, 5) is 12.2. The minimum Gasteiger partial charge on any atom is -0.326 e. The van der Waals surface area contributed by atoms with E-state index >= 15 is 0 Å². The zero-order valence-electron chi connectivity index (χ0n) is 13.4. The molecule has 4 rings (SSSR count). The molecular formula is C18H16FN5O. The summed E-state index contributed by atoms with van der Waals surface area (Å²) in [6.45, 7) is 0. The maximum atomic E-state index is 13.2. The van der Waals surface area contributed by atoms with Crippen molar-refractivity contribution in [2.24, 2.45) is 0 Å². The van der Waals surface area contributed by atoms with Crippen LogP contribution in [0.2, 0.25) is 0 Å². The van der Waals surface area contributed by atoms with E-state index in [0.717, 1.165) is 18.4 Å². The zero-order chi connectivity index (χ0) is 17.2. The van der Waals surface area contributed by atoms with Crippen LogP contribution in [0.25, 0.3) is 11.4 Å². The summed E-state index contributed by atoms with van der Waals surface area (Å²) in [6, 6.07) is 13.8. The molecule has 7 heteroatoms. The fourth-order valence-electron chi connectivity index (χ4n) is 2.72. The highest BCUT2D eigenvalue weighted by Gasteiger charge is 2.28. The lowest BCUT2D eigenvalue weighted by Crippen LogP contribution is -2.14. The van der Waals surface area contributed by atoms with Crippen LogP contribution in [0, 0.1) is 5.82 Å². The summed E-state index contributed by atoms with van der Waals surface area (Å²) >= 11 is 0. The van der Waals surface area contributed by atoms with E-state index in [9.17, 15) is 9.18 Å². The van der Waals surface area contributed by atoms with Crippen molar-refractivity contribution in [2.75, 3.05) is 5.32 Å². The Bertz CT molecular complexity index is 919. The molecule has 1 fully saturated rings. The number of benzene rings is 2. The minimum absolute atomic E-state index is 0.113. The number of rotatable bonds is 5. The van der Waals surface area contributed by atoms with Crippen molar-refractivity contribution in [3.8, 4) is 11.4 Å². The molecule has 6 nitrogen and oxygen atoms in total. The first-order valence-electron chi connectivity index (χ1n) is 8.11. The van der Waals surface area contributed by atoms with Gasteiger partial charge < -0.3 is 5.32 Å². The number of halogens is 1. The second-order valence-corrected chi connectivity index (χ2v) is 6.11. The van der Waals surface area contributed by atoms with Gasteiger partial charge in [0.25, 0.3) is 0 Å². The van der Waals surface area contributed by atoms with E-state index in [-0.39, 0.29) is 18.1 Å². The zero-order valence-corrected chi connectivity index (χ0v) is 13.4. The summed E-state index contributed by atoms with van der Waals surface area (Å²) in [6.07, 6.45) is 2.28. The lowest BCUT2D eigenvalue weighted by molar-refractivity contribution is -0.115. The lowest BCUT2D eigenvalue weighted by atomic mass is 10.1. The van der Waals surface area contributed by atoms with Gasteiger partial charge in [-0.1, -0.05) is 24.3 Å². The minimum atomic E-state index is -0.348. The second kappa shape index (κ2) is 6.43. The first-order valence-corrected chi connectivity index (χ1v) is 8.11. The number of hydrogen-bond acceptors (Lipinski definition) is 4. The van der Waals surface area contributed by atoms with Gasteiger partial charge in [-0.3, -0.25) is 4.79 Å². The van der Waals surface area contributed by atoms with Crippen LogP contribution in [0.1, 0.15) is 24.4 Å². The number of nitrogens with zero attached hydrogens (tertiary/aromatic N) is 4. The van der Waals surface area contributed by atoms with Gasteiger partial charge in [0, 0.05) is 11.3 Å². The Hall–Kier alpha value is -3.09. The summed E-state index contributed by atoms with van der Waals surface area (Å²) < 4.78 is 15.0. The Labute approximate surface area is 143 Å². The van der Waals surface area contributed by atoms with Gasteiger partial charge in [-0.25, -0.2) is 9.07 Å². The highest BCUT2D eigenvalue weighted by atomic mass is 19.1. The molecule has 2 aromatic carbocycles. The highest BCUT2D eigenvalue weighted by Crippen LogP contribution is 2.36.